The first-order chi connectivity index (χ1) is 18.7. The van der Waals surface area contributed by atoms with Crippen LogP contribution in [0.5, 0.6) is 17.5 Å². The molecule has 2 aliphatic rings. The average molecular weight is 547 g/mol. The molecule has 0 N–H and O–H groups in total. The van der Waals surface area contributed by atoms with E-state index >= 15 is 0 Å². The van der Waals surface area contributed by atoms with Crippen molar-refractivity contribution in [2.75, 3.05) is 19.7 Å². The van der Waals surface area contributed by atoms with Crippen LogP contribution in [0.25, 0.3) is 0 Å². The van der Waals surface area contributed by atoms with Crippen molar-refractivity contribution in [3.63, 3.8) is 0 Å². The van der Waals surface area contributed by atoms with E-state index in [0.717, 1.165) is 50.2 Å². The van der Waals surface area contributed by atoms with Crippen LogP contribution in [0, 0.1) is 16.0 Å². The molecule has 0 amide bonds. The second-order valence-corrected chi connectivity index (χ2v) is 9.93. The summed E-state index contributed by atoms with van der Waals surface area (Å²) in [4.78, 5) is 16.7. The van der Waals surface area contributed by atoms with Gasteiger partial charge < -0.3 is 24.3 Å². The highest BCUT2D eigenvalue weighted by Gasteiger charge is 2.31. The van der Waals surface area contributed by atoms with Gasteiger partial charge in [-0.1, -0.05) is 24.3 Å². The average Bonchev–Trinajstić information content (AvgIpc) is 3.34. The van der Waals surface area contributed by atoms with E-state index in [1.54, 1.807) is 16.7 Å². The minimum Gasteiger partial charge on any atom is -0.490 e. The molecule has 2 aliphatic heterocycles. The molecule has 1 unspecified atom stereocenters. The van der Waals surface area contributed by atoms with Gasteiger partial charge in [0.1, 0.15) is 30.4 Å². The van der Waals surface area contributed by atoms with Gasteiger partial charge >= 0.3 is 18.2 Å². The van der Waals surface area contributed by atoms with Crippen molar-refractivity contribution in [2.24, 2.45) is 5.92 Å². The molecular formula is C27H29F3N4O5. The van der Waals surface area contributed by atoms with Crippen molar-refractivity contribution in [3.05, 3.63) is 76.0 Å². The van der Waals surface area contributed by atoms with Crippen molar-refractivity contribution >= 4 is 5.82 Å². The van der Waals surface area contributed by atoms with Crippen LogP contribution in [0.4, 0.5) is 19.0 Å². The number of ether oxygens (including phenoxy) is 3. The first-order valence-corrected chi connectivity index (χ1v) is 12.9. The van der Waals surface area contributed by atoms with Gasteiger partial charge in [-0.25, -0.2) is 0 Å². The number of aryl methyl sites for hydroxylation is 1. The third-order valence-electron chi connectivity index (χ3n) is 7.03. The van der Waals surface area contributed by atoms with Crippen LogP contribution < -0.4 is 14.2 Å². The van der Waals surface area contributed by atoms with Gasteiger partial charge in [-0.3, -0.25) is 9.47 Å². The van der Waals surface area contributed by atoms with E-state index in [1.165, 1.54) is 23.9 Å². The molecule has 39 heavy (non-hydrogen) atoms. The molecule has 9 nitrogen and oxygen atoms in total. The number of piperidine rings is 1. The van der Waals surface area contributed by atoms with E-state index in [9.17, 15) is 23.3 Å². The number of benzene rings is 2. The highest BCUT2D eigenvalue weighted by molar-refractivity contribution is 5.29. The number of hydrogen-bond acceptors (Lipinski definition) is 7. The van der Waals surface area contributed by atoms with Crippen molar-refractivity contribution in [1.82, 2.24) is 14.5 Å². The zero-order chi connectivity index (χ0) is 27.4. The second kappa shape index (κ2) is 11.5. The fourth-order valence-corrected chi connectivity index (χ4v) is 4.98. The predicted molar refractivity (Wildman–Crippen MR) is 135 cm³/mol. The summed E-state index contributed by atoms with van der Waals surface area (Å²) in [6.45, 7) is 3.68. The van der Waals surface area contributed by atoms with Crippen LogP contribution >= 0.6 is 0 Å². The van der Waals surface area contributed by atoms with E-state index in [1.807, 2.05) is 24.3 Å². The summed E-state index contributed by atoms with van der Waals surface area (Å²) in [7, 11) is 0. The fraction of sp³-hybridized carbons (Fsp3) is 0.444. The lowest BCUT2D eigenvalue weighted by Crippen LogP contribution is -2.33. The van der Waals surface area contributed by atoms with Crippen LogP contribution in [-0.2, 0) is 19.5 Å². The van der Waals surface area contributed by atoms with Gasteiger partial charge in [0.05, 0.1) is 0 Å². The number of imidazole rings is 1. The number of aromatic nitrogens is 2. The number of hydrogen-bond donors (Lipinski definition) is 0. The predicted octanol–water partition coefficient (Wildman–Crippen LogP) is 5.37. The summed E-state index contributed by atoms with van der Waals surface area (Å²) < 4.78 is 54.2. The lowest BCUT2D eigenvalue weighted by Gasteiger charge is -2.32. The molecule has 208 valence electrons. The first kappa shape index (κ1) is 26.8. The van der Waals surface area contributed by atoms with Crippen LogP contribution in [0.2, 0.25) is 0 Å². The monoisotopic (exact) mass is 546 g/mol. The highest BCUT2D eigenvalue weighted by Crippen LogP contribution is 2.27. The maximum Gasteiger partial charge on any atom is 0.573 e. The molecule has 0 aliphatic carbocycles. The van der Waals surface area contributed by atoms with Crippen molar-refractivity contribution in [2.45, 2.75) is 51.2 Å². The summed E-state index contributed by atoms with van der Waals surface area (Å²) in [5, 5.41) is 10.9. The zero-order valence-corrected chi connectivity index (χ0v) is 21.2. The molecule has 0 bridgehead atoms. The SMILES string of the molecule is O=[N+]([O-])c1cn2c(n1)OC(COc1ccc(CN3CCC(Cc4ccc(OC(F)(F)F)cc4)CC3)cc1)CC2. The summed E-state index contributed by atoms with van der Waals surface area (Å²) in [6.07, 6.45) is 0.0582. The third-order valence-corrected chi connectivity index (χ3v) is 7.03. The summed E-state index contributed by atoms with van der Waals surface area (Å²) >= 11 is 0. The normalized spacial score (nSPS) is 18.3. The zero-order valence-electron chi connectivity index (χ0n) is 21.2. The number of rotatable bonds is 9. The largest absolute Gasteiger partial charge is 0.573 e. The molecule has 3 aromatic rings. The van der Waals surface area contributed by atoms with Crippen molar-refractivity contribution in [1.29, 1.82) is 0 Å². The van der Waals surface area contributed by atoms with E-state index in [4.69, 9.17) is 9.47 Å². The second-order valence-electron chi connectivity index (χ2n) is 9.93. The molecular weight excluding hydrogens is 517 g/mol. The molecule has 0 saturated carbocycles. The number of likely N-dealkylation sites (tertiary alicyclic amines) is 1. The Morgan fingerprint density at radius 2 is 1.64 bits per heavy atom. The van der Waals surface area contributed by atoms with Gasteiger partial charge in [0.15, 0.2) is 0 Å². The number of fused-ring (bicyclic) bond motifs is 1. The third kappa shape index (κ3) is 7.41. The van der Waals surface area contributed by atoms with E-state index < -0.39 is 11.3 Å². The Bertz CT molecular complexity index is 1260. The minimum atomic E-state index is -4.67. The summed E-state index contributed by atoms with van der Waals surface area (Å²) in [5.74, 6) is 0.811. The van der Waals surface area contributed by atoms with Crippen molar-refractivity contribution in [3.8, 4) is 17.5 Å². The standard InChI is InChI=1S/C27H29F3N4O5/c28-27(29,30)39-23-7-1-19(2-8-23)15-20-9-12-32(13-10-20)16-21-3-5-22(6-4-21)37-18-24-11-14-33-17-25(34(35)36)31-26(33)38-24/h1-8,17,20,24H,9-16,18H2. The number of nitrogens with zero attached hydrogens (tertiary/aromatic N) is 4. The Morgan fingerprint density at radius 1 is 0.974 bits per heavy atom. The Morgan fingerprint density at radius 3 is 2.31 bits per heavy atom. The maximum atomic E-state index is 12.3. The first-order valence-electron chi connectivity index (χ1n) is 12.9. The number of nitro groups is 1. The quantitative estimate of drug-likeness (QED) is 0.263. The summed E-state index contributed by atoms with van der Waals surface area (Å²) in [5.41, 5.74) is 2.20. The Kier molecular flexibility index (Phi) is 7.92. The van der Waals surface area contributed by atoms with Gasteiger partial charge in [-0.15, -0.1) is 13.2 Å². The maximum absolute atomic E-state index is 12.3. The minimum absolute atomic E-state index is 0.193. The molecule has 1 fully saturated rings. The van der Waals surface area contributed by atoms with Gasteiger partial charge in [0, 0.05) is 24.5 Å². The molecule has 0 radical (unpaired) electrons. The van der Waals surface area contributed by atoms with Crippen LogP contribution in [0.15, 0.2) is 54.7 Å². The Balaban J connectivity index is 1.03. The van der Waals surface area contributed by atoms with Gasteiger partial charge in [0.25, 0.3) is 0 Å². The Labute approximate surface area is 223 Å². The molecule has 12 heteroatoms. The van der Waals surface area contributed by atoms with Crippen LogP contribution in [0.1, 0.15) is 30.4 Å². The highest BCUT2D eigenvalue weighted by atomic mass is 19.4. The van der Waals surface area contributed by atoms with E-state index in [-0.39, 0.29) is 23.7 Å². The fourth-order valence-electron chi connectivity index (χ4n) is 4.98. The van der Waals surface area contributed by atoms with Gasteiger partial charge in [-0.05, 0) is 78.6 Å². The lowest BCUT2D eigenvalue weighted by molar-refractivity contribution is -0.389. The summed E-state index contributed by atoms with van der Waals surface area (Å²) in [6, 6.07) is 14.4. The lowest BCUT2D eigenvalue weighted by atomic mass is 9.90. The molecule has 5 rings (SSSR count). The van der Waals surface area contributed by atoms with E-state index in [0.29, 0.717) is 25.5 Å². The molecule has 1 aromatic heterocycles. The molecule has 3 heterocycles. The Hall–Kier alpha value is -3.80. The van der Waals surface area contributed by atoms with Crippen molar-refractivity contribution < 1.29 is 32.3 Å². The molecule has 2 aromatic carbocycles. The van der Waals surface area contributed by atoms with Crippen LogP contribution in [0.3, 0.4) is 0 Å². The molecule has 0 spiro atoms. The topological polar surface area (TPSA) is 91.9 Å². The van der Waals surface area contributed by atoms with Gasteiger partial charge in [-0.2, -0.15) is 0 Å². The van der Waals surface area contributed by atoms with E-state index in [2.05, 4.69) is 14.6 Å². The van der Waals surface area contributed by atoms with Gasteiger partial charge in [0.2, 0.25) is 0 Å². The molecule has 1 atom stereocenters. The smallest absolute Gasteiger partial charge is 0.490 e. The van der Waals surface area contributed by atoms with Crippen LogP contribution in [-0.4, -0.2) is 51.5 Å². The number of halogens is 3. The molecule has 1 saturated heterocycles. The number of alkyl halides is 3.